The van der Waals surface area contributed by atoms with Crippen molar-refractivity contribution in [1.29, 1.82) is 5.26 Å². The lowest BCUT2D eigenvalue weighted by molar-refractivity contribution is -0.137. The zero-order chi connectivity index (χ0) is 19.4. The number of hydrogen-bond acceptors (Lipinski definition) is 4. The van der Waals surface area contributed by atoms with Crippen molar-refractivity contribution >= 4 is 34.2 Å². The van der Waals surface area contributed by atoms with E-state index in [1.807, 2.05) is 41.8 Å². The first kappa shape index (κ1) is 19.0. The van der Waals surface area contributed by atoms with Gasteiger partial charge in [-0.2, -0.15) is 18.4 Å². The van der Waals surface area contributed by atoms with Crippen LogP contribution < -0.4 is 5.32 Å². The largest absolute Gasteiger partial charge is 0.416 e. The molecule has 136 valence electrons. The number of rotatable bonds is 4. The Bertz CT molecular complexity index is 1020. The number of halogens is 4. The molecule has 2 aromatic carbocycles. The molecule has 0 fully saturated rings. The number of hydrogen-bond donors (Lipinski definition) is 1. The fourth-order valence-corrected chi connectivity index (χ4v) is 3.21. The van der Waals surface area contributed by atoms with Gasteiger partial charge in [0.1, 0.15) is 16.6 Å². The summed E-state index contributed by atoms with van der Waals surface area (Å²) in [6.07, 6.45) is -3.18. The van der Waals surface area contributed by atoms with Gasteiger partial charge in [-0.1, -0.05) is 41.9 Å². The predicted octanol–water partition coefficient (Wildman–Crippen LogP) is 6.46. The lowest BCUT2D eigenvalue weighted by Gasteiger charge is -2.10. The van der Waals surface area contributed by atoms with E-state index in [1.165, 1.54) is 17.5 Å². The van der Waals surface area contributed by atoms with Crippen molar-refractivity contribution in [1.82, 2.24) is 4.98 Å². The Balaban J connectivity index is 1.86. The highest BCUT2D eigenvalue weighted by molar-refractivity contribution is 7.11. The van der Waals surface area contributed by atoms with E-state index in [4.69, 9.17) is 11.6 Å². The van der Waals surface area contributed by atoms with E-state index in [-0.39, 0.29) is 16.3 Å². The summed E-state index contributed by atoms with van der Waals surface area (Å²) in [6.45, 7) is 0. The van der Waals surface area contributed by atoms with Gasteiger partial charge in [-0.15, -0.1) is 11.3 Å². The summed E-state index contributed by atoms with van der Waals surface area (Å²) in [6, 6.07) is 14.4. The maximum Gasteiger partial charge on any atom is 0.416 e. The first-order valence-electron chi connectivity index (χ1n) is 7.63. The number of benzene rings is 2. The first-order valence-corrected chi connectivity index (χ1v) is 8.89. The summed E-state index contributed by atoms with van der Waals surface area (Å²) in [7, 11) is 0. The summed E-state index contributed by atoms with van der Waals surface area (Å²) in [4.78, 5) is 4.42. The number of allylic oxidation sites excluding steroid dienone is 1. The Morgan fingerprint density at radius 3 is 2.59 bits per heavy atom. The number of nitrogens with zero attached hydrogens (tertiary/aromatic N) is 2. The van der Waals surface area contributed by atoms with Gasteiger partial charge in [0.25, 0.3) is 0 Å². The Hall–Kier alpha value is -2.82. The Labute approximate surface area is 162 Å². The Morgan fingerprint density at radius 2 is 1.93 bits per heavy atom. The molecule has 1 N–H and O–H groups in total. The quantitative estimate of drug-likeness (QED) is 0.507. The van der Waals surface area contributed by atoms with Gasteiger partial charge < -0.3 is 5.32 Å². The van der Waals surface area contributed by atoms with Gasteiger partial charge in [0.15, 0.2) is 0 Å². The van der Waals surface area contributed by atoms with Crippen molar-refractivity contribution in [3.05, 3.63) is 75.7 Å². The molecule has 8 heteroatoms. The molecule has 1 heterocycles. The molecule has 0 aliphatic heterocycles. The summed E-state index contributed by atoms with van der Waals surface area (Å²) in [5.41, 5.74) is 1.04. The van der Waals surface area contributed by atoms with E-state index in [2.05, 4.69) is 10.3 Å². The normalized spacial score (nSPS) is 11.9. The first-order chi connectivity index (χ1) is 12.9. The fraction of sp³-hybridized carbons (Fsp3) is 0.0526. The minimum Gasteiger partial charge on any atom is -0.359 e. The molecule has 0 atom stereocenters. The van der Waals surface area contributed by atoms with E-state index < -0.39 is 11.7 Å². The van der Waals surface area contributed by atoms with E-state index in [9.17, 15) is 18.4 Å². The lowest BCUT2D eigenvalue weighted by atomic mass is 10.2. The Morgan fingerprint density at radius 1 is 1.19 bits per heavy atom. The number of aromatic nitrogens is 1. The smallest absolute Gasteiger partial charge is 0.359 e. The highest BCUT2D eigenvalue weighted by Gasteiger charge is 2.30. The van der Waals surface area contributed by atoms with E-state index in [0.29, 0.717) is 10.7 Å². The standard InChI is InChI=1S/C19H11ClF3N3S/c20-15-7-6-14(19(21,22)23)8-16(15)25-10-13(9-24)18-26-17(11-27-18)12-4-2-1-3-5-12/h1-8,10-11,25H. The molecule has 0 aliphatic rings. The van der Waals surface area contributed by atoms with Crippen molar-refractivity contribution in [2.75, 3.05) is 5.32 Å². The van der Waals surface area contributed by atoms with Gasteiger partial charge in [-0.25, -0.2) is 4.98 Å². The number of anilines is 1. The average molecular weight is 406 g/mol. The van der Waals surface area contributed by atoms with Crippen molar-refractivity contribution in [3.8, 4) is 17.3 Å². The summed E-state index contributed by atoms with van der Waals surface area (Å²) < 4.78 is 38.5. The molecule has 3 nitrogen and oxygen atoms in total. The zero-order valence-electron chi connectivity index (χ0n) is 13.6. The average Bonchev–Trinajstić information content (AvgIpc) is 3.13. The zero-order valence-corrected chi connectivity index (χ0v) is 15.2. The van der Waals surface area contributed by atoms with Crippen LogP contribution in [0.15, 0.2) is 60.1 Å². The van der Waals surface area contributed by atoms with E-state index >= 15 is 0 Å². The van der Waals surface area contributed by atoms with Crippen molar-refractivity contribution in [2.45, 2.75) is 6.18 Å². The van der Waals surface area contributed by atoms with Crippen LogP contribution in [0.2, 0.25) is 5.02 Å². The molecule has 0 radical (unpaired) electrons. The monoisotopic (exact) mass is 405 g/mol. The summed E-state index contributed by atoms with van der Waals surface area (Å²) in [5, 5.41) is 14.4. The SMILES string of the molecule is N#CC(=CNc1cc(C(F)(F)F)ccc1Cl)c1nc(-c2ccccc2)cs1. The lowest BCUT2D eigenvalue weighted by Crippen LogP contribution is -2.05. The number of thiazole rings is 1. The molecular formula is C19H11ClF3N3S. The number of nitrogens with one attached hydrogen (secondary N) is 1. The van der Waals surface area contributed by atoms with Gasteiger partial charge in [0.2, 0.25) is 0 Å². The van der Waals surface area contributed by atoms with Crippen molar-refractivity contribution in [2.24, 2.45) is 0 Å². The molecule has 27 heavy (non-hydrogen) atoms. The van der Waals surface area contributed by atoms with Crippen LogP contribution in [-0.4, -0.2) is 4.98 Å². The van der Waals surface area contributed by atoms with Crippen LogP contribution in [0, 0.1) is 11.3 Å². The van der Waals surface area contributed by atoms with Crippen LogP contribution >= 0.6 is 22.9 Å². The third-order valence-corrected chi connectivity index (χ3v) is 4.80. The maximum absolute atomic E-state index is 12.8. The fourth-order valence-electron chi connectivity index (χ4n) is 2.24. The molecule has 3 aromatic rings. The van der Waals surface area contributed by atoms with Crippen molar-refractivity contribution in [3.63, 3.8) is 0 Å². The molecule has 0 saturated carbocycles. The maximum atomic E-state index is 12.8. The highest BCUT2D eigenvalue weighted by atomic mass is 35.5. The minimum absolute atomic E-state index is 0.0547. The molecular weight excluding hydrogens is 395 g/mol. The molecule has 3 rings (SSSR count). The third kappa shape index (κ3) is 4.48. The van der Waals surface area contributed by atoms with Crippen LogP contribution in [0.25, 0.3) is 16.8 Å². The van der Waals surface area contributed by atoms with E-state index in [1.54, 1.807) is 0 Å². The molecule has 0 saturated heterocycles. The van der Waals surface area contributed by atoms with Gasteiger partial charge in [-0.05, 0) is 18.2 Å². The molecule has 0 spiro atoms. The van der Waals surface area contributed by atoms with Crippen LogP contribution in [0.3, 0.4) is 0 Å². The molecule has 1 aromatic heterocycles. The molecule has 0 aliphatic carbocycles. The van der Waals surface area contributed by atoms with Crippen LogP contribution in [0.5, 0.6) is 0 Å². The van der Waals surface area contributed by atoms with E-state index in [0.717, 1.165) is 23.8 Å². The van der Waals surface area contributed by atoms with Crippen LogP contribution in [-0.2, 0) is 6.18 Å². The number of nitriles is 1. The van der Waals surface area contributed by atoms with Gasteiger partial charge in [-0.3, -0.25) is 0 Å². The molecule has 0 unspecified atom stereocenters. The van der Waals surface area contributed by atoms with Gasteiger partial charge >= 0.3 is 6.18 Å². The second-order valence-electron chi connectivity index (χ2n) is 5.41. The summed E-state index contributed by atoms with van der Waals surface area (Å²) in [5.74, 6) is 0. The second-order valence-corrected chi connectivity index (χ2v) is 6.68. The summed E-state index contributed by atoms with van der Waals surface area (Å²) >= 11 is 7.22. The van der Waals surface area contributed by atoms with Gasteiger partial charge in [0.05, 0.1) is 22.0 Å². The number of alkyl halides is 3. The molecule has 0 bridgehead atoms. The second kappa shape index (κ2) is 7.82. The predicted molar refractivity (Wildman–Crippen MR) is 101 cm³/mol. The topological polar surface area (TPSA) is 48.7 Å². The van der Waals surface area contributed by atoms with Crippen LogP contribution in [0.1, 0.15) is 10.6 Å². The van der Waals surface area contributed by atoms with Crippen LogP contribution in [0.4, 0.5) is 18.9 Å². The highest BCUT2D eigenvalue weighted by Crippen LogP contribution is 2.34. The molecule has 0 amide bonds. The van der Waals surface area contributed by atoms with Gasteiger partial charge in [0, 0.05) is 17.1 Å². The third-order valence-electron chi connectivity index (χ3n) is 3.59. The minimum atomic E-state index is -4.48. The Kier molecular flexibility index (Phi) is 5.49. The van der Waals surface area contributed by atoms with Crippen molar-refractivity contribution < 1.29 is 13.2 Å².